The predicted molar refractivity (Wildman–Crippen MR) is 152 cm³/mol. The molecule has 2 aliphatic carbocycles. The smallest absolute Gasteiger partial charge is 0.287 e. The molecule has 0 spiro atoms. The molecule has 2 aliphatic rings. The number of nitro groups is 1. The number of hydrogen-bond donors (Lipinski definition) is 3. The Bertz CT molecular complexity index is 1590. The molecule has 13 heteroatoms. The van der Waals surface area contributed by atoms with Crippen molar-refractivity contribution >= 4 is 44.7 Å². The summed E-state index contributed by atoms with van der Waals surface area (Å²) in [7, 11) is 4.18. The van der Waals surface area contributed by atoms with Gasteiger partial charge in [0.2, 0.25) is 11.7 Å². The fourth-order valence-electron chi connectivity index (χ4n) is 5.11. The lowest BCUT2D eigenvalue weighted by Gasteiger charge is -2.29. The Morgan fingerprint density at radius 2 is 1.88 bits per heavy atom. The van der Waals surface area contributed by atoms with Crippen LogP contribution in [0.15, 0.2) is 41.6 Å². The molecule has 0 fully saturated rings. The molecule has 0 saturated heterocycles. The minimum atomic E-state index is -0.601. The van der Waals surface area contributed by atoms with Crippen LogP contribution in [0.4, 0.5) is 5.69 Å². The van der Waals surface area contributed by atoms with Gasteiger partial charge >= 0.3 is 0 Å². The number of fused-ring (bicyclic) bond motifs is 3. The molecule has 0 radical (unpaired) electrons. The van der Waals surface area contributed by atoms with Crippen LogP contribution >= 0.6 is 21.6 Å². The summed E-state index contributed by atoms with van der Waals surface area (Å²) < 4.78 is 5.27. The molecule has 41 heavy (non-hydrogen) atoms. The molecule has 2 aromatic carbocycles. The van der Waals surface area contributed by atoms with Crippen LogP contribution in [-0.2, 0) is 17.6 Å². The Morgan fingerprint density at radius 3 is 2.56 bits per heavy atom. The number of rotatable bonds is 8. The summed E-state index contributed by atoms with van der Waals surface area (Å²) in [5.74, 6) is -2.45. The van der Waals surface area contributed by atoms with E-state index in [4.69, 9.17) is 4.74 Å². The van der Waals surface area contributed by atoms with Crippen molar-refractivity contribution in [3.8, 4) is 17.2 Å². The third-order valence-corrected chi connectivity index (χ3v) is 9.98. The number of ether oxygens (including phenoxy) is 1. The van der Waals surface area contributed by atoms with Gasteiger partial charge in [0.05, 0.1) is 28.7 Å². The highest BCUT2D eigenvalue weighted by molar-refractivity contribution is 8.76. The van der Waals surface area contributed by atoms with Gasteiger partial charge in [0.25, 0.3) is 5.69 Å². The first-order valence-electron chi connectivity index (χ1n) is 12.7. The Morgan fingerprint density at radius 1 is 1.15 bits per heavy atom. The highest BCUT2D eigenvalue weighted by Gasteiger charge is 2.41. The summed E-state index contributed by atoms with van der Waals surface area (Å²) >= 11 is 0. The second-order valence-corrected chi connectivity index (χ2v) is 12.4. The molecule has 1 amide bonds. The van der Waals surface area contributed by atoms with Crippen molar-refractivity contribution in [2.24, 2.45) is 5.92 Å². The van der Waals surface area contributed by atoms with Crippen LogP contribution in [0.25, 0.3) is 0 Å². The van der Waals surface area contributed by atoms with Gasteiger partial charge in [-0.25, -0.2) is 4.98 Å². The highest BCUT2D eigenvalue weighted by Crippen LogP contribution is 2.47. The van der Waals surface area contributed by atoms with Crippen molar-refractivity contribution in [1.82, 2.24) is 10.3 Å². The number of aromatic hydroxyl groups is 2. The number of benzene rings is 2. The Kier molecular flexibility index (Phi) is 7.91. The molecule has 0 aliphatic heterocycles. The van der Waals surface area contributed by atoms with Crippen molar-refractivity contribution in [1.29, 1.82) is 0 Å². The number of amides is 1. The maximum atomic E-state index is 13.4. The number of aromatic nitrogens is 1. The molecule has 2 atom stereocenters. The lowest BCUT2D eigenvalue weighted by Crippen LogP contribution is -2.37. The summed E-state index contributed by atoms with van der Waals surface area (Å²) in [5.41, 5.74) is 0.198. The standard InChI is InChI=1S/C28H25N3O8S2/c1-13(40-41-20-9-7-15(12-29-20)31(37)38)11-30-28(36)14-6-8-16-18(10-14)26(34)22-23(24(16)32)27(35)21-17(25(22)33)4-3-5-19(21)39-2/h3-5,7,9,12-14,32,34H,6,8,10-11H2,1-2H3,(H,30,36)/t13?,14-/m0/s1. The van der Waals surface area contributed by atoms with E-state index >= 15 is 0 Å². The lowest BCUT2D eigenvalue weighted by atomic mass is 9.75. The van der Waals surface area contributed by atoms with Gasteiger partial charge < -0.3 is 20.3 Å². The third-order valence-electron chi connectivity index (χ3n) is 7.19. The van der Waals surface area contributed by atoms with E-state index in [9.17, 15) is 34.7 Å². The quantitative estimate of drug-likeness (QED) is 0.115. The van der Waals surface area contributed by atoms with E-state index in [0.717, 1.165) is 0 Å². The van der Waals surface area contributed by atoms with E-state index in [2.05, 4.69) is 10.3 Å². The zero-order chi connectivity index (χ0) is 29.4. The van der Waals surface area contributed by atoms with Gasteiger partial charge in [-0.1, -0.05) is 29.9 Å². The first-order chi connectivity index (χ1) is 19.6. The molecule has 3 aromatic rings. The van der Waals surface area contributed by atoms with Gasteiger partial charge in [0.1, 0.15) is 28.5 Å². The van der Waals surface area contributed by atoms with E-state index in [0.29, 0.717) is 29.1 Å². The molecule has 5 rings (SSSR count). The normalized spacial score (nSPS) is 16.3. The predicted octanol–water partition coefficient (Wildman–Crippen LogP) is 4.24. The number of pyridine rings is 1. The minimum absolute atomic E-state index is 0.0121. The van der Waals surface area contributed by atoms with Crippen LogP contribution in [0, 0.1) is 16.0 Å². The molecule has 0 bridgehead atoms. The number of carbonyl (C=O) groups is 3. The largest absolute Gasteiger partial charge is 0.507 e. The second kappa shape index (κ2) is 11.4. The van der Waals surface area contributed by atoms with Crippen molar-refractivity contribution in [2.75, 3.05) is 13.7 Å². The maximum Gasteiger partial charge on any atom is 0.287 e. The number of phenols is 2. The first-order valence-corrected chi connectivity index (χ1v) is 14.9. The molecule has 11 nitrogen and oxygen atoms in total. The van der Waals surface area contributed by atoms with Gasteiger partial charge in [-0.15, -0.1) is 0 Å². The second-order valence-electron chi connectivity index (χ2n) is 9.73. The SMILES string of the molecule is COc1cccc2c1C(=O)c1c(O)c3c(c(O)c1C2=O)C[C@@H](C(=O)NCC(C)SSc1ccc([N+](=O)[O-])cn1)CC3. The minimum Gasteiger partial charge on any atom is -0.507 e. The Balaban J connectivity index is 1.28. The number of ketones is 2. The van der Waals surface area contributed by atoms with Crippen LogP contribution in [0.5, 0.6) is 17.2 Å². The molecular formula is C28H25N3O8S2. The van der Waals surface area contributed by atoms with Crippen LogP contribution in [0.3, 0.4) is 0 Å². The number of nitrogens with one attached hydrogen (secondary N) is 1. The summed E-state index contributed by atoms with van der Waals surface area (Å²) in [5, 5.41) is 36.6. The summed E-state index contributed by atoms with van der Waals surface area (Å²) in [4.78, 5) is 54.1. The van der Waals surface area contributed by atoms with E-state index in [-0.39, 0.29) is 69.2 Å². The molecule has 0 saturated carbocycles. The summed E-state index contributed by atoms with van der Waals surface area (Å²) in [6.45, 7) is 2.27. The van der Waals surface area contributed by atoms with Crippen molar-refractivity contribution in [2.45, 2.75) is 36.5 Å². The van der Waals surface area contributed by atoms with Gasteiger partial charge in [-0.3, -0.25) is 24.5 Å². The molecule has 212 valence electrons. The zero-order valence-electron chi connectivity index (χ0n) is 22.0. The fraction of sp³-hybridized carbons (Fsp3) is 0.286. The fourth-order valence-corrected chi connectivity index (χ4v) is 7.04. The van der Waals surface area contributed by atoms with Gasteiger partial charge in [0, 0.05) is 40.5 Å². The van der Waals surface area contributed by atoms with Crippen LogP contribution < -0.4 is 10.1 Å². The number of methoxy groups -OCH3 is 1. The van der Waals surface area contributed by atoms with Crippen molar-refractivity contribution in [3.63, 3.8) is 0 Å². The Labute approximate surface area is 242 Å². The first kappa shape index (κ1) is 28.4. The van der Waals surface area contributed by atoms with Crippen LogP contribution in [0.1, 0.15) is 56.3 Å². The molecule has 1 heterocycles. The average molecular weight is 596 g/mol. The average Bonchev–Trinajstić information content (AvgIpc) is 2.98. The van der Waals surface area contributed by atoms with E-state index in [1.165, 1.54) is 47.0 Å². The lowest BCUT2D eigenvalue weighted by molar-refractivity contribution is -0.385. The topological polar surface area (TPSA) is 169 Å². The van der Waals surface area contributed by atoms with Crippen LogP contribution in [0.2, 0.25) is 0 Å². The summed E-state index contributed by atoms with van der Waals surface area (Å²) in [6, 6.07) is 7.55. The van der Waals surface area contributed by atoms with E-state index in [1.807, 2.05) is 6.92 Å². The van der Waals surface area contributed by atoms with E-state index in [1.54, 1.807) is 18.2 Å². The number of phenolic OH excluding ortho intramolecular Hbond substituents is 2. The number of hydrogen-bond acceptors (Lipinski definition) is 11. The van der Waals surface area contributed by atoms with Crippen LogP contribution in [-0.4, -0.2) is 56.5 Å². The Hall–Kier alpha value is -4.10. The molecule has 1 unspecified atom stereocenters. The van der Waals surface area contributed by atoms with Crippen molar-refractivity contribution in [3.05, 3.63) is 80.0 Å². The van der Waals surface area contributed by atoms with E-state index < -0.39 is 22.4 Å². The summed E-state index contributed by atoms with van der Waals surface area (Å²) in [6.07, 6.45) is 1.92. The zero-order valence-corrected chi connectivity index (χ0v) is 23.6. The van der Waals surface area contributed by atoms with Gasteiger partial charge in [-0.2, -0.15) is 0 Å². The monoisotopic (exact) mass is 595 g/mol. The van der Waals surface area contributed by atoms with Gasteiger partial charge in [0.15, 0.2) is 5.78 Å². The third kappa shape index (κ3) is 5.22. The molecule has 1 aromatic heterocycles. The number of nitrogens with zero attached hydrogens (tertiary/aromatic N) is 2. The molecular weight excluding hydrogens is 570 g/mol. The maximum absolute atomic E-state index is 13.4. The molecule has 3 N–H and O–H groups in total. The highest BCUT2D eigenvalue weighted by atomic mass is 33.1. The van der Waals surface area contributed by atoms with Crippen molar-refractivity contribution < 1.29 is 34.3 Å². The van der Waals surface area contributed by atoms with Gasteiger partial charge in [-0.05, 0) is 42.2 Å². The number of carbonyl (C=O) groups excluding carboxylic acids is 3.